The minimum Gasteiger partial charge on any atom is -0.493 e. The molecule has 162 valence electrons. The second-order valence-electron chi connectivity index (χ2n) is 7.08. The van der Waals surface area contributed by atoms with Gasteiger partial charge in [0.15, 0.2) is 29.1 Å². The van der Waals surface area contributed by atoms with Crippen LogP contribution in [0.4, 0.5) is 20.2 Å². The predicted octanol–water partition coefficient (Wildman–Crippen LogP) is 3.89. The second-order valence-corrected chi connectivity index (χ2v) is 7.08. The number of nitrogens with zero attached hydrogens (tertiary/aromatic N) is 2. The number of methoxy groups -OCH3 is 1. The lowest BCUT2D eigenvalue weighted by atomic mass is 10.1. The number of anilines is 2. The van der Waals surface area contributed by atoms with E-state index in [1.165, 1.54) is 12.1 Å². The molecule has 0 radical (unpaired) electrons. The Labute approximate surface area is 175 Å². The molecular formula is C22H28F2N4O2. The lowest BCUT2D eigenvalue weighted by molar-refractivity contribution is 0.311. The minimum absolute atomic E-state index is 0.367. The van der Waals surface area contributed by atoms with Crippen molar-refractivity contribution < 1.29 is 18.3 Å². The summed E-state index contributed by atoms with van der Waals surface area (Å²) in [6.07, 6.45) is 0.958. The highest BCUT2D eigenvalue weighted by Gasteiger charge is 2.23. The average molecular weight is 418 g/mol. The van der Waals surface area contributed by atoms with Crippen LogP contribution in [0, 0.1) is 17.6 Å². The van der Waals surface area contributed by atoms with Gasteiger partial charge in [0.25, 0.3) is 0 Å². The zero-order valence-electron chi connectivity index (χ0n) is 17.5. The molecule has 30 heavy (non-hydrogen) atoms. The van der Waals surface area contributed by atoms with Gasteiger partial charge in [0.2, 0.25) is 0 Å². The van der Waals surface area contributed by atoms with E-state index >= 15 is 0 Å². The van der Waals surface area contributed by atoms with Crippen LogP contribution in [-0.2, 0) is 0 Å². The molecule has 1 unspecified atom stereocenters. The van der Waals surface area contributed by atoms with Crippen molar-refractivity contribution in [1.82, 2.24) is 5.32 Å². The molecule has 1 fully saturated rings. The topological polar surface area (TPSA) is 58.1 Å². The number of hydrogen-bond acceptors (Lipinski definition) is 4. The number of aliphatic imine (C=N–C) groups is 1. The Morgan fingerprint density at radius 1 is 1.17 bits per heavy atom. The third-order valence-corrected chi connectivity index (χ3v) is 5.06. The van der Waals surface area contributed by atoms with Crippen molar-refractivity contribution in [2.24, 2.45) is 10.9 Å². The molecule has 0 amide bonds. The smallest absolute Gasteiger partial charge is 0.195 e. The summed E-state index contributed by atoms with van der Waals surface area (Å²) in [5.74, 6) is 0.715. The fourth-order valence-electron chi connectivity index (χ4n) is 3.49. The fraction of sp³-hybridized carbons (Fsp3) is 0.409. The number of nitrogens with one attached hydrogen (secondary N) is 2. The molecule has 1 aliphatic rings. The Morgan fingerprint density at radius 3 is 2.70 bits per heavy atom. The van der Waals surface area contributed by atoms with Gasteiger partial charge < -0.3 is 25.0 Å². The Morgan fingerprint density at radius 2 is 2.00 bits per heavy atom. The molecule has 1 atom stereocenters. The van der Waals surface area contributed by atoms with Crippen LogP contribution in [0.25, 0.3) is 0 Å². The average Bonchev–Trinajstić information content (AvgIpc) is 3.23. The van der Waals surface area contributed by atoms with Crippen LogP contribution in [0.2, 0.25) is 0 Å². The van der Waals surface area contributed by atoms with Crippen molar-refractivity contribution in [3.63, 3.8) is 0 Å². The van der Waals surface area contributed by atoms with Crippen LogP contribution < -0.4 is 25.0 Å². The zero-order chi connectivity index (χ0) is 21.5. The Hall–Kier alpha value is -3.03. The molecule has 0 bridgehead atoms. The van der Waals surface area contributed by atoms with E-state index in [1.807, 2.05) is 25.1 Å². The first-order valence-corrected chi connectivity index (χ1v) is 10.0. The highest BCUT2D eigenvalue weighted by molar-refractivity contribution is 5.93. The molecule has 1 saturated heterocycles. The highest BCUT2D eigenvalue weighted by atomic mass is 19.2. The molecular weight excluding hydrogens is 390 g/mol. The SMILES string of the molecule is CCOc1ccc(NC(=NC)NCC2CCN(c3ccc(F)c(F)c3)C2)cc1OC. The van der Waals surface area contributed by atoms with Crippen LogP contribution in [0.1, 0.15) is 13.3 Å². The van der Waals surface area contributed by atoms with Gasteiger partial charge in [0.05, 0.1) is 13.7 Å². The monoisotopic (exact) mass is 418 g/mol. The first-order chi connectivity index (χ1) is 14.5. The summed E-state index contributed by atoms with van der Waals surface area (Å²) >= 11 is 0. The van der Waals surface area contributed by atoms with Crippen molar-refractivity contribution >= 4 is 17.3 Å². The van der Waals surface area contributed by atoms with Gasteiger partial charge in [0, 0.05) is 50.2 Å². The summed E-state index contributed by atoms with van der Waals surface area (Å²) in [6, 6.07) is 9.67. The summed E-state index contributed by atoms with van der Waals surface area (Å²) in [6.45, 7) is 4.78. The number of hydrogen-bond donors (Lipinski definition) is 2. The largest absolute Gasteiger partial charge is 0.493 e. The predicted molar refractivity (Wildman–Crippen MR) is 116 cm³/mol. The maximum atomic E-state index is 13.5. The summed E-state index contributed by atoms with van der Waals surface area (Å²) < 4.78 is 37.6. The van der Waals surface area contributed by atoms with Crippen molar-refractivity contribution in [3.05, 3.63) is 48.0 Å². The van der Waals surface area contributed by atoms with Crippen molar-refractivity contribution in [2.45, 2.75) is 13.3 Å². The summed E-state index contributed by atoms with van der Waals surface area (Å²) in [5, 5.41) is 6.59. The zero-order valence-corrected chi connectivity index (χ0v) is 17.5. The number of benzene rings is 2. The highest BCUT2D eigenvalue weighted by Crippen LogP contribution is 2.30. The van der Waals surface area contributed by atoms with Gasteiger partial charge in [-0.1, -0.05) is 0 Å². The standard InChI is InChI=1S/C22H28F2N4O2/c1-4-30-20-8-5-16(11-21(20)29-3)27-22(25-2)26-13-15-9-10-28(14-15)17-6-7-18(23)19(24)12-17/h5-8,11-12,15H,4,9-10,13-14H2,1-3H3,(H2,25,26,27). The van der Waals surface area contributed by atoms with Crippen molar-refractivity contribution in [3.8, 4) is 11.5 Å². The van der Waals surface area contributed by atoms with Crippen LogP contribution in [0.5, 0.6) is 11.5 Å². The van der Waals surface area contributed by atoms with E-state index in [1.54, 1.807) is 20.2 Å². The molecule has 0 saturated carbocycles. The Kier molecular flexibility index (Phi) is 7.32. The van der Waals surface area contributed by atoms with E-state index in [2.05, 4.69) is 20.5 Å². The van der Waals surface area contributed by atoms with Gasteiger partial charge in [0.1, 0.15) is 0 Å². The molecule has 0 aliphatic carbocycles. The minimum atomic E-state index is -0.822. The molecule has 0 aromatic heterocycles. The molecule has 3 rings (SSSR count). The van der Waals surface area contributed by atoms with Crippen LogP contribution in [0.15, 0.2) is 41.4 Å². The normalized spacial score (nSPS) is 16.5. The maximum Gasteiger partial charge on any atom is 0.195 e. The molecule has 1 aliphatic heterocycles. The molecule has 2 aromatic carbocycles. The number of halogens is 2. The van der Waals surface area contributed by atoms with E-state index < -0.39 is 11.6 Å². The number of rotatable bonds is 7. The number of ether oxygens (including phenoxy) is 2. The van der Waals surface area contributed by atoms with Gasteiger partial charge in [-0.15, -0.1) is 0 Å². The molecule has 8 heteroatoms. The molecule has 2 N–H and O–H groups in total. The van der Waals surface area contributed by atoms with Gasteiger partial charge in [-0.25, -0.2) is 8.78 Å². The van der Waals surface area contributed by atoms with Crippen molar-refractivity contribution in [2.75, 3.05) is 50.6 Å². The Balaban J connectivity index is 1.54. The van der Waals surface area contributed by atoms with E-state index in [4.69, 9.17) is 9.47 Å². The summed E-state index contributed by atoms with van der Waals surface area (Å²) in [5.41, 5.74) is 1.54. The van der Waals surface area contributed by atoms with Crippen LogP contribution >= 0.6 is 0 Å². The van der Waals surface area contributed by atoms with E-state index in [9.17, 15) is 8.78 Å². The van der Waals surface area contributed by atoms with Gasteiger partial charge in [-0.05, 0) is 43.5 Å². The maximum absolute atomic E-state index is 13.5. The number of guanidine groups is 1. The van der Waals surface area contributed by atoms with Gasteiger partial charge in [-0.2, -0.15) is 0 Å². The van der Waals surface area contributed by atoms with E-state index in [0.29, 0.717) is 42.2 Å². The second kappa shape index (κ2) is 10.1. The van der Waals surface area contributed by atoms with Crippen LogP contribution in [-0.4, -0.2) is 46.4 Å². The van der Waals surface area contributed by atoms with Gasteiger partial charge >= 0.3 is 0 Å². The molecule has 6 nitrogen and oxygen atoms in total. The molecule has 2 aromatic rings. The fourth-order valence-corrected chi connectivity index (χ4v) is 3.49. The summed E-state index contributed by atoms with van der Waals surface area (Å²) in [4.78, 5) is 6.35. The van der Waals surface area contributed by atoms with Crippen LogP contribution in [0.3, 0.4) is 0 Å². The third-order valence-electron chi connectivity index (χ3n) is 5.06. The molecule has 0 spiro atoms. The Bertz CT molecular complexity index is 891. The first-order valence-electron chi connectivity index (χ1n) is 10.0. The third kappa shape index (κ3) is 5.31. The quantitative estimate of drug-likeness (QED) is 0.528. The van der Waals surface area contributed by atoms with E-state index in [0.717, 1.165) is 25.2 Å². The molecule has 1 heterocycles. The summed E-state index contributed by atoms with van der Waals surface area (Å²) in [7, 11) is 3.32. The van der Waals surface area contributed by atoms with Gasteiger partial charge in [-0.3, -0.25) is 4.99 Å². The van der Waals surface area contributed by atoms with E-state index in [-0.39, 0.29) is 0 Å². The first kappa shape index (κ1) is 21.7. The lowest BCUT2D eigenvalue weighted by Gasteiger charge is -2.20. The van der Waals surface area contributed by atoms with Crippen molar-refractivity contribution in [1.29, 1.82) is 0 Å². The lowest BCUT2D eigenvalue weighted by Crippen LogP contribution is -2.35.